The van der Waals surface area contributed by atoms with Crippen molar-refractivity contribution in [3.63, 3.8) is 0 Å². The molecule has 17 heavy (non-hydrogen) atoms. The summed E-state index contributed by atoms with van der Waals surface area (Å²) < 4.78 is 24.0. The molecule has 0 heterocycles. The van der Waals surface area contributed by atoms with E-state index in [0.29, 0.717) is 22.9 Å². The highest BCUT2D eigenvalue weighted by atomic mass is 35.5. The Morgan fingerprint density at radius 3 is 2.24 bits per heavy atom. The summed E-state index contributed by atoms with van der Waals surface area (Å²) in [5.74, 6) is 0.110. The Morgan fingerprint density at radius 1 is 1.24 bits per heavy atom. The van der Waals surface area contributed by atoms with Crippen molar-refractivity contribution in [1.29, 1.82) is 0 Å². The van der Waals surface area contributed by atoms with Gasteiger partial charge in [0.15, 0.2) is 9.84 Å². The van der Waals surface area contributed by atoms with Crippen molar-refractivity contribution in [1.82, 2.24) is 0 Å². The Balaban J connectivity index is 2.79. The molecular weight excluding hydrogens is 258 g/mol. The molecule has 0 aliphatic heterocycles. The van der Waals surface area contributed by atoms with Crippen LogP contribution >= 0.6 is 11.6 Å². The third-order valence-electron chi connectivity index (χ3n) is 2.77. The smallest absolute Gasteiger partial charge is 0.178 e. The molecule has 0 aliphatic carbocycles. The average Bonchev–Trinajstić information content (AvgIpc) is 2.27. The molecule has 0 spiro atoms. The fourth-order valence-corrected chi connectivity index (χ4v) is 3.01. The molecule has 0 bridgehead atoms. The fraction of sp³-hybridized carbons (Fsp3) is 0.500. The lowest BCUT2D eigenvalue weighted by atomic mass is 9.91. The first-order valence-corrected chi connectivity index (χ1v) is 7.48. The lowest BCUT2D eigenvalue weighted by Crippen LogP contribution is -2.26. The third kappa shape index (κ3) is 4.30. The van der Waals surface area contributed by atoms with Gasteiger partial charge >= 0.3 is 0 Å². The number of benzene rings is 1. The highest BCUT2D eigenvalue weighted by molar-refractivity contribution is 7.91. The fourth-order valence-electron chi connectivity index (χ4n) is 1.27. The van der Waals surface area contributed by atoms with E-state index in [4.69, 9.17) is 17.3 Å². The lowest BCUT2D eigenvalue weighted by molar-refractivity contribution is 0.365. The van der Waals surface area contributed by atoms with E-state index in [1.54, 1.807) is 12.1 Å². The molecule has 0 unspecified atom stereocenters. The highest BCUT2D eigenvalue weighted by Gasteiger charge is 2.21. The van der Waals surface area contributed by atoms with Gasteiger partial charge in [-0.05, 0) is 42.6 Å². The van der Waals surface area contributed by atoms with E-state index in [0.717, 1.165) is 0 Å². The molecule has 1 aromatic rings. The second kappa shape index (κ2) is 5.38. The topological polar surface area (TPSA) is 60.2 Å². The number of rotatable bonds is 5. The summed E-state index contributed by atoms with van der Waals surface area (Å²) >= 11 is 5.72. The Bertz CT molecular complexity index is 466. The average molecular weight is 276 g/mol. The number of halogens is 1. The number of hydrogen-bond acceptors (Lipinski definition) is 3. The predicted molar refractivity (Wildman–Crippen MR) is 71.0 cm³/mol. The summed E-state index contributed by atoms with van der Waals surface area (Å²) in [6.45, 7) is 4.40. The minimum Gasteiger partial charge on any atom is -0.330 e. The van der Waals surface area contributed by atoms with Gasteiger partial charge in [-0.2, -0.15) is 0 Å². The first-order chi connectivity index (χ1) is 7.77. The van der Waals surface area contributed by atoms with Gasteiger partial charge in [0, 0.05) is 5.02 Å². The zero-order chi connectivity index (χ0) is 13.1. The zero-order valence-electron chi connectivity index (χ0n) is 10.1. The van der Waals surface area contributed by atoms with Crippen molar-refractivity contribution < 1.29 is 8.42 Å². The van der Waals surface area contributed by atoms with Gasteiger partial charge in [-0.3, -0.25) is 0 Å². The van der Waals surface area contributed by atoms with Gasteiger partial charge in [-0.1, -0.05) is 25.4 Å². The van der Waals surface area contributed by atoms with Crippen LogP contribution in [0.3, 0.4) is 0 Å². The maximum atomic E-state index is 12.0. The van der Waals surface area contributed by atoms with E-state index in [9.17, 15) is 8.42 Å². The lowest BCUT2D eigenvalue weighted by Gasteiger charge is -2.21. The van der Waals surface area contributed by atoms with Crippen LogP contribution < -0.4 is 5.73 Å². The quantitative estimate of drug-likeness (QED) is 0.898. The van der Waals surface area contributed by atoms with Crippen molar-refractivity contribution in [2.24, 2.45) is 11.1 Å². The molecular formula is C12H18ClNO2S. The monoisotopic (exact) mass is 275 g/mol. The maximum Gasteiger partial charge on any atom is 0.178 e. The molecule has 1 rings (SSSR count). The van der Waals surface area contributed by atoms with Gasteiger partial charge < -0.3 is 5.73 Å². The highest BCUT2D eigenvalue weighted by Crippen LogP contribution is 2.22. The van der Waals surface area contributed by atoms with Crippen LogP contribution in [0, 0.1) is 5.41 Å². The van der Waals surface area contributed by atoms with Crippen LogP contribution in [-0.4, -0.2) is 20.7 Å². The molecule has 0 aromatic heterocycles. The summed E-state index contributed by atoms with van der Waals surface area (Å²) in [4.78, 5) is 0.315. The van der Waals surface area contributed by atoms with Gasteiger partial charge in [0.25, 0.3) is 0 Å². The van der Waals surface area contributed by atoms with E-state index >= 15 is 0 Å². The number of sulfone groups is 1. The minimum atomic E-state index is -3.23. The molecule has 96 valence electrons. The molecule has 0 amide bonds. The van der Waals surface area contributed by atoms with Crippen LogP contribution in [-0.2, 0) is 9.84 Å². The molecule has 0 atom stereocenters. The van der Waals surface area contributed by atoms with Crippen LogP contribution in [0.15, 0.2) is 29.2 Å². The molecule has 0 saturated heterocycles. The van der Waals surface area contributed by atoms with Gasteiger partial charge in [0.05, 0.1) is 10.6 Å². The summed E-state index contributed by atoms with van der Waals surface area (Å²) in [5.41, 5.74) is 5.43. The van der Waals surface area contributed by atoms with Gasteiger partial charge in [-0.15, -0.1) is 0 Å². The van der Waals surface area contributed by atoms with Gasteiger partial charge in [0.1, 0.15) is 0 Å². The first kappa shape index (κ1) is 14.5. The van der Waals surface area contributed by atoms with Crippen molar-refractivity contribution in [3.8, 4) is 0 Å². The van der Waals surface area contributed by atoms with Crippen molar-refractivity contribution in [2.75, 3.05) is 12.3 Å². The van der Waals surface area contributed by atoms with E-state index in [-0.39, 0.29) is 11.2 Å². The summed E-state index contributed by atoms with van der Waals surface area (Å²) in [6.07, 6.45) is 0.550. The van der Waals surface area contributed by atoms with E-state index in [2.05, 4.69) is 0 Å². The maximum absolute atomic E-state index is 12.0. The SMILES string of the molecule is CC(C)(CN)CCS(=O)(=O)c1ccc(Cl)cc1. The summed E-state index contributed by atoms with van der Waals surface area (Å²) in [6, 6.07) is 6.24. The first-order valence-electron chi connectivity index (χ1n) is 5.45. The standard InChI is InChI=1S/C12H18ClNO2S/c1-12(2,9-14)7-8-17(15,16)11-5-3-10(13)4-6-11/h3-6H,7-9,14H2,1-2H3. The summed E-state index contributed by atoms with van der Waals surface area (Å²) in [7, 11) is -3.23. The van der Waals surface area contributed by atoms with Crippen LogP contribution in [0.2, 0.25) is 5.02 Å². The molecule has 0 saturated carbocycles. The van der Waals surface area contributed by atoms with Crippen LogP contribution in [0.4, 0.5) is 0 Å². The molecule has 5 heteroatoms. The van der Waals surface area contributed by atoms with Crippen molar-refractivity contribution in [2.45, 2.75) is 25.2 Å². The molecule has 2 N–H and O–H groups in total. The van der Waals surface area contributed by atoms with Crippen LogP contribution in [0.25, 0.3) is 0 Å². The Kier molecular flexibility index (Phi) is 4.58. The normalized spacial score (nSPS) is 12.7. The third-order valence-corrected chi connectivity index (χ3v) is 4.76. The number of nitrogens with two attached hydrogens (primary N) is 1. The molecule has 0 fully saturated rings. The Labute approximate surface area is 108 Å². The second-order valence-corrected chi connectivity index (χ2v) is 7.44. The van der Waals surface area contributed by atoms with E-state index < -0.39 is 9.84 Å². The Hall–Kier alpha value is -0.580. The van der Waals surface area contributed by atoms with Gasteiger partial charge in [0.2, 0.25) is 0 Å². The zero-order valence-corrected chi connectivity index (χ0v) is 11.7. The minimum absolute atomic E-state index is 0.110. The molecule has 3 nitrogen and oxygen atoms in total. The van der Waals surface area contributed by atoms with Crippen LogP contribution in [0.1, 0.15) is 20.3 Å². The Morgan fingerprint density at radius 2 is 1.76 bits per heavy atom. The molecule has 0 aliphatic rings. The number of hydrogen-bond donors (Lipinski definition) is 1. The largest absolute Gasteiger partial charge is 0.330 e. The van der Waals surface area contributed by atoms with Gasteiger partial charge in [-0.25, -0.2) is 8.42 Å². The second-order valence-electron chi connectivity index (χ2n) is 4.89. The van der Waals surface area contributed by atoms with Crippen molar-refractivity contribution >= 4 is 21.4 Å². The van der Waals surface area contributed by atoms with E-state index in [1.807, 2.05) is 13.8 Å². The summed E-state index contributed by atoms with van der Waals surface area (Å²) in [5, 5.41) is 0.534. The predicted octanol–water partition coefficient (Wildman–Crippen LogP) is 2.49. The van der Waals surface area contributed by atoms with Crippen molar-refractivity contribution in [3.05, 3.63) is 29.3 Å². The van der Waals surface area contributed by atoms with Crippen LogP contribution in [0.5, 0.6) is 0 Å². The molecule has 1 aromatic carbocycles. The van der Waals surface area contributed by atoms with E-state index in [1.165, 1.54) is 12.1 Å². The molecule has 0 radical (unpaired) electrons.